The Morgan fingerprint density at radius 2 is 1.75 bits per heavy atom. The van der Waals surface area contributed by atoms with Crippen molar-refractivity contribution in [2.24, 2.45) is 4.99 Å². The monoisotopic (exact) mass is 748 g/mol. The van der Waals surface area contributed by atoms with E-state index in [2.05, 4.69) is 20.4 Å². The fourth-order valence-electron chi connectivity index (χ4n) is 4.39. The molecule has 1 saturated heterocycles. The number of alkyl halides is 6. The molecule has 2 heterocycles. The van der Waals surface area contributed by atoms with Gasteiger partial charge in [0.05, 0.1) is 57.9 Å². The number of rotatable bonds is 8. The van der Waals surface area contributed by atoms with Crippen molar-refractivity contribution in [1.29, 1.82) is 10.5 Å². The van der Waals surface area contributed by atoms with Crippen LogP contribution in [0.1, 0.15) is 17.5 Å². The van der Waals surface area contributed by atoms with E-state index in [1.165, 1.54) is 42.7 Å². The van der Waals surface area contributed by atoms with E-state index < -0.39 is 51.4 Å². The Morgan fingerprint density at radius 3 is 2.39 bits per heavy atom. The summed E-state index contributed by atoms with van der Waals surface area (Å²) in [4.78, 5) is 33.8. The zero-order valence-electron chi connectivity index (χ0n) is 25.2. The summed E-state index contributed by atoms with van der Waals surface area (Å²) in [6.07, 6.45) is -4.60. The normalized spacial score (nSPS) is 14.3. The van der Waals surface area contributed by atoms with E-state index in [0.29, 0.717) is 0 Å². The second kappa shape index (κ2) is 14.1. The number of carbonyl (C=O) groups is 2. The van der Waals surface area contributed by atoms with Gasteiger partial charge in [0.1, 0.15) is 18.1 Å². The number of amides is 3. The van der Waals surface area contributed by atoms with E-state index in [1.807, 2.05) is 12.1 Å². The lowest BCUT2D eigenvalue weighted by Gasteiger charge is -2.20. The van der Waals surface area contributed by atoms with Crippen LogP contribution in [0.4, 0.5) is 42.5 Å². The van der Waals surface area contributed by atoms with Crippen LogP contribution in [0, 0.1) is 22.7 Å². The molecule has 21 heteroatoms. The summed E-state index contributed by atoms with van der Waals surface area (Å²) in [5, 5.41) is 25.6. The predicted octanol–water partition coefficient (Wildman–Crippen LogP) is 5.97. The van der Waals surface area contributed by atoms with Crippen LogP contribution < -0.4 is 15.0 Å². The van der Waals surface area contributed by atoms with Gasteiger partial charge in [-0.3, -0.25) is 9.69 Å². The molecule has 0 unspecified atom stereocenters. The highest BCUT2D eigenvalue weighted by molar-refractivity contribution is 8.15. The van der Waals surface area contributed by atoms with Crippen molar-refractivity contribution in [2.45, 2.75) is 23.0 Å². The smallest absolute Gasteiger partial charge is 0.491 e. The average molecular weight is 749 g/mol. The number of nitriles is 2. The molecule has 0 saturated carbocycles. The number of benzene rings is 3. The summed E-state index contributed by atoms with van der Waals surface area (Å²) in [6.45, 7) is -0.780. The van der Waals surface area contributed by atoms with Gasteiger partial charge >= 0.3 is 17.7 Å². The number of ether oxygens (including phenoxy) is 1. The second-order valence-electron chi connectivity index (χ2n) is 10.2. The van der Waals surface area contributed by atoms with Crippen LogP contribution in [0.5, 0.6) is 5.75 Å². The van der Waals surface area contributed by atoms with Gasteiger partial charge in [-0.25, -0.2) is 22.9 Å². The van der Waals surface area contributed by atoms with Gasteiger partial charge in [0.15, 0.2) is 11.0 Å². The maximum absolute atomic E-state index is 13.0. The number of halogens is 6. The van der Waals surface area contributed by atoms with E-state index >= 15 is 0 Å². The fourth-order valence-corrected chi connectivity index (χ4v) is 6.01. The molecule has 4 aromatic rings. The third-order valence-corrected chi connectivity index (χ3v) is 9.21. The molecule has 3 amide bonds. The van der Waals surface area contributed by atoms with Crippen LogP contribution in [0.25, 0.3) is 17.1 Å². The van der Waals surface area contributed by atoms with Gasteiger partial charge in [-0.15, -0.1) is 5.10 Å². The van der Waals surface area contributed by atoms with Crippen LogP contribution in [-0.2, 0) is 14.6 Å². The number of sulfone groups is 1. The van der Waals surface area contributed by atoms with Crippen LogP contribution in [-0.4, -0.2) is 64.3 Å². The Kier molecular flexibility index (Phi) is 10.1. The molecule has 1 aromatic heterocycles. The molecule has 0 aliphatic carbocycles. The van der Waals surface area contributed by atoms with Gasteiger partial charge in [-0.1, -0.05) is 11.8 Å². The zero-order valence-corrected chi connectivity index (χ0v) is 26.9. The van der Waals surface area contributed by atoms with Crippen molar-refractivity contribution in [1.82, 2.24) is 14.8 Å². The van der Waals surface area contributed by atoms with Crippen LogP contribution in [0.15, 0.2) is 76.9 Å². The summed E-state index contributed by atoms with van der Waals surface area (Å²) in [6, 6.07) is 14.2. The Balaban J connectivity index is 1.34. The van der Waals surface area contributed by atoms with Crippen molar-refractivity contribution in [3.05, 3.63) is 78.1 Å². The first-order valence-corrected chi connectivity index (χ1v) is 16.4. The molecule has 3 aromatic carbocycles. The number of aromatic nitrogens is 3. The Labute approximate surface area is 287 Å². The first kappa shape index (κ1) is 36.4. The minimum Gasteiger partial charge on any atom is -0.491 e. The molecule has 0 atom stereocenters. The number of thioether (sulfide) groups is 1. The molecule has 51 heavy (non-hydrogen) atoms. The lowest BCUT2D eigenvalue weighted by atomic mass is 10.1. The summed E-state index contributed by atoms with van der Waals surface area (Å²) >= 11 is 0.839. The molecule has 262 valence electrons. The van der Waals surface area contributed by atoms with Crippen molar-refractivity contribution >= 4 is 50.1 Å². The largest absolute Gasteiger partial charge is 0.501 e. The lowest BCUT2D eigenvalue weighted by Crippen LogP contribution is -2.31. The molecule has 0 radical (unpaired) electrons. The molecule has 1 N–H and O–H groups in total. The maximum atomic E-state index is 13.0. The molecule has 5 rings (SSSR count). The van der Waals surface area contributed by atoms with E-state index in [4.69, 9.17) is 4.74 Å². The van der Waals surface area contributed by atoms with Crippen LogP contribution in [0.3, 0.4) is 0 Å². The first-order valence-electron chi connectivity index (χ1n) is 14.0. The zero-order chi connectivity index (χ0) is 37.1. The van der Waals surface area contributed by atoms with Crippen molar-refractivity contribution in [3.8, 4) is 35.0 Å². The third kappa shape index (κ3) is 8.11. The number of hydrogen-bond donors (Lipinski definition) is 1. The van der Waals surface area contributed by atoms with Gasteiger partial charge < -0.3 is 10.1 Å². The van der Waals surface area contributed by atoms with E-state index in [9.17, 15) is 54.9 Å². The molecular formula is C30H18F6N8O5S2. The topological polar surface area (TPSA) is 183 Å². The minimum atomic E-state index is -5.55. The standard InChI is InChI=1S/C30H18F6N8O5S2/c31-29(32,33)9-10-49-24-8-1-17(13-37)11-23(24)44-25(45)15-50-28(44)41-27(46)40-22-7-2-18(12-19(22)14-38)26-39-16-43(42-26)20-3-5-21(6-4-20)51(47,48)30(34,35)36/h1-8,11-12,16H,9-10,15H2,(H,40,46). The maximum Gasteiger partial charge on any atom is 0.501 e. The fraction of sp³-hybridized carbons (Fsp3) is 0.167. The van der Waals surface area contributed by atoms with Gasteiger partial charge in [0, 0.05) is 5.56 Å². The number of nitrogens with zero attached hydrogens (tertiary/aromatic N) is 7. The van der Waals surface area contributed by atoms with E-state index in [0.717, 1.165) is 45.6 Å². The van der Waals surface area contributed by atoms with Crippen molar-refractivity contribution in [3.63, 3.8) is 0 Å². The second-order valence-corrected chi connectivity index (χ2v) is 13.1. The van der Waals surface area contributed by atoms with E-state index in [1.54, 1.807) is 0 Å². The van der Waals surface area contributed by atoms with Gasteiger partial charge in [0.25, 0.3) is 9.84 Å². The Morgan fingerprint density at radius 1 is 1.02 bits per heavy atom. The molecule has 0 spiro atoms. The molecule has 1 aliphatic heterocycles. The predicted molar refractivity (Wildman–Crippen MR) is 168 cm³/mol. The SMILES string of the molecule is N#Cc1ccc(OCCC(F)(F)F)c(N2C(=O)CSC2=NC(=O)Nc2ccc(-c3ncn(-c4ccc(S(=O)(=O)C(F)(F)F)cc4)n3)cc2C#N)c1. The third-order valence-electron chi connectivity index (χ3n) is 6.78. The number of amidine groups is 1. The Hall–Kier alpha value is -5.93. The van der Waals surface area contributed by atoms with Crippen LogP contribution in [0.2, 0.25) is 0 Å². The molecule has 1 aliphatic rings. The molecule has 13 nitrogen and oxygen atoms in total. The number of anilines is 2. The first-order chi connectivity index (χ1) is 24.0. The number of hydrogen-bond acceptors (Lipinski definition) is 10. The lowest BCUT2D eigenvalue weighted by molar-refractivity contribution is -0.139. The number of urea groups is 1. The minimum absolute atomic E-state index is 0.0139. The van der Waals surface area contributed by atoms with Gasteiger partial charge in [-0.2, -0.15) is 41.9 Å². The van der Waals surface area contributed by atoms with E-state index in [-0.39, 0.29) is 56.2 Å². The highest BCUT2D eigenvalue weighted by Crippen LogP contribution is 2.36. The van der Waals surface area contributed by atoms with Crippen molar-refractivity contribution < 1.29 is 49.1 Å². The Bertz CT molecular complexity index is 2240. The highest BCUT2D eigenvalue weighted by Gasteiger charge is 2.46. The number of carbonyl (C=O) groups excluding carboxylic acids is 2. The summed E-state index contributed by atoms with van der Waals surface area (Å²) in [5.41, 5.74) is -5.16. The average Bonchev–Trinajstić information content (AvgIpc) is 3.71. The summed E-state index contributed by atoms with van der Waals surface area (Å²) in [5.74, 6) is -0.897. The number of nitrogens with one attached hydrogen (secondary N) is 1. The number of aliphatic imine (C=N–C) groups is 1. The highest BCUT2D eigenvalue weighted by atomic mass is 32.2. The van der Waals surface area contributed by atoms with Gasteiger partial charge in [-0.05, 0) is 60.7 Å². The van der Waals surface area contributed by atoms with Crippen LogP contribution >= 0.6 is 11.8 Å². The summed E-state index contributed by atoms with van der Waals surface area (Å²) in [7, 11) is -5.55. The molecule has 1 fully saturated rings. The van der Waals surface area contributed by atoms with Gasteiger partial charge in [0.2, 0.25) is 5.91 Å². The molecule has 0 bridgehead atoms. The molecular weight excluding hydrogens is 731 g/mol. The summed E-state index contributed by atoms with van der Waals surface area (Å²) < 4.78 is 106. The van der Waals surface area contributed by atoms with Crippen molar-refractivity contribution in [2.75, 3.05) is 22.6 Å². The quantitative estimate of drug-likeness (QED) is 0.211.